The van der Waals surface area contributed by atoms with Crippen LogP contribution in [0.3, 0.4) is 0 Å². The monoisotopic (exact) mass is 321 g/mol. The van der Waals surface area contributed by atoms with Crippen molar-refractivity contribution in [2.45, 2.75) is 71.1 Å². The van der Waals surface area contributed by atoms with E-state index in [-0.39, 0.29) is 11.8 Å². The highest BCUT2D eigenvalue weighted by Crippen LogP contribution is 2.27. The average Bonchev–Trinajstić information content (AvgIpc) is 2.36. The Morgan fingerprint density at radius 2 is 1.81 bits per heavy atom. The Bertz CT molecular complexity index is 454. The van der Waals surface area contributed by atoms with Gasteiger partial charge in [-0.05, 0) is 40.5 Å². The molecule has 0 saturated heterocycles. The second kappa shape index (κ2) is 6.96. The zero-order chi connectivity index (χ0) is 16.3. The van der Waals surface area contributed by atoms with Crippen LogP contribution in [0.25, 0.3) is 0 Å². The van der Waals surface area contributed by atoms with E-state index in [1.165, 1.54) is 4.90 Å². The predicted molar refractivity (Wildman–Crippen MR) is 80.6 cm³/mol. The highest BCUT2D eigenvalue weighted by Gasteiger charge is 2.35. The topological polar surface area (TPSA) is 72.9 Å². The third-order valence-corrected chi connectivity index (χ3v) is 4.72. The molecule has 1 aliphatic rings. The SMILES string of the molecule is CCS(=O)(=O)OC1CCCC[C@H]1N(C)C(=O)OC(C)(C)C. The van der Waals surface area contributed by atoms with Crippen molar-refractivity contribution in [1.82, 2.24) is 4.90 Å². The lowest BCUT2D eigenvalue weighted by molar-refractivity contribution is -0.00114. The first-order valence-corrected chi connectivity index (χ1v) is 9.00. The predicted octanol–water partition coefficient (Wildman–Crippen LogP) is 2.53. The minimum Gasteiger partial charge on any atom is -0.444 e. The first-order valence-electron chi connectivity index (χ1n) is 7.42. The first kappa shape index (κ1) is 18.2. The molecule has 0 N–H and O–H groups in total. The summed E-state index contributed by atoms with van der Waals surface area (Å²) in [4.78, 5) is 13.6. The van der Waals surface area contributed by atoms with E-state index in [9.17, 15) is 13.2 Å². The molecular weight excluding hydrogens is 294 g/mol. The van der Waals surface area contributed by atoms with Gasteiger partial charge in [-0.1, -0.05) is 12.8 Å². The molecule has 0 aliphatic heterocycles. The van der Waals surface area contributed by atoms with Crippen molar-refractivity contribution in [2.75, 3.05) is 12.8 Å². The molecule has 1 amide bonds. The fourth-order valence-electron chi connectivity index (χ4n) is 2.36. The van der Waals surface area contributed by atoms with Crippen molar-refractivity contribution >= 4 is 16.2 Å². The Kier molecular flexibility index (Phi) is 6.04. The number of nitrogens with zero attached hydrogens (tertiary/aromatic N) is 1. The van der Waals surface area contributed by atoms with Gasteiger partial charge >= 0.3 is 6.09 Å². The van der Waals surface area contributed by atoms with Gasteiger partial charge in [0.05, 0.1) is 17.9 Å². The molecule has 1 saturated carbocycles. The Morgan fingerprint density at radius 1 is 1.24 bits per heavy atom. The zero-order valence-electron chi connectivity index (χ0n) is 13.6. The summed E-state index contributed by atoms with van der Waals surface area (Å²) >= 11 is 0. The standard InChI is InChI=1S/C14H27NO5S/c1-6-21(17,18)20-12-10-8-7-9-11(12)15(5)13(16)19-14(2,3)4/h11-12H,6-10H2,1-5H3/t11-,12?/m1/s1. The van der Waals surface area contributed by atoms with Crippen LogP contribution in [-0.4, -0.2) is 50.0 Å². The van der Waals surface area contributed by atoms with Crippen LogP contribution >= 0.6 is 0 Å². The molecule has 0 bridgehead atoms. The summed E-state index contributed by atoms with van der Waals surface area (Å²) in [6, 6.07) is -0.269. The molecule has 0 aromatic heterocycles. The van der Waals surface area contributed by atoms with Gasteiger partial charge in [0.1, 0.15) is 5.60 Å². The van der Waals surface area contributed by atoms with E-state index >= 15 is 0 Å². The van der Waals surface area contributed by atoms with E-state index < -0.39 is 27.9 Å². The number of carbonyl (C=O) groups excluding carboxylic acids is 1. The minimum atomic E-state index is -3.53. The van der Waals surface area contributed by atoms with Gasteiger partial charge in [0, 0.05) is 7.05 Å². The summed E-state index contributed by atoms with van der Waals surface area (Å²) in [6.45, 7) is 6.95. The van der Waals surface area contributed by atoms with Crippen molar-refractivity contribution in [3.8, 4) is 0 Å². The van der Waals surface area contributed by atoms with Gasteiger partial charge in [-0.15, -0.1) is 0 Å². The minimum absolute atomic E-state index is 0.0631. The third-order valence-electron chi connectivity index (χ3n) is 3.47. The van der Waals surface area contributed by atoms with E-state index in [2.05, 4.69) is 0 Å². The maximum Gasteiger partial charge on any atom is 0.410 e. The number of likely N-dealkylation sites (N-methyl/N-ethyl adjacent to an activating group) is 1. The second-order valence-corrected chi connectivity index (χ2v) is 8.31. The van der Waals surface area contributed by atoms with E-state index in [0.29, 0.717) is 6.42 Å². The largest absolute Gasteiger partial charge is 0.444 e. The molecule has 0 aromatic rings. The molecule has 21 heavy (non-hydrogen) atoms. The van der Waals surface area contributed by atoms with Gasteiger partial charge < -0.3 is 9.64 Å². The van der Waals surface area contributed by atoms with Crippen molar-refractivity contribution in [2.24, 2.45) is 0 Å². The van der Waals surface area contributed by atoms with Crippen LogP contribution in [0.1, 0.15) is 53.4 Å². The smallest absolute Gasteiger partial charge is 0.410 e. The highest BCUT2D eigenvalue weighted by atomic mass is 32.2. The van der Waals surface area contributed by atoms with Gasteiger partial charge in [0.15, 0.2) is 0 Å². The fraction of sp³-hybridized carbons (Fsp3) is 0.929. The molecule has 1 unspecified atom stereocenters. The Morgan fingerprint density at radius 3 is 2.33 bits per heavy atom. The van der Waals surface area contributed by atoms with Crippen LogP contribution < -0.4 is 0 Å². The molecule has 0 aromatic carbocycles. The number of rotatable bonds is 4. The van der Waals surface area contributed by atoms with Crippen LogP contribution in [0.15, 0.2) is 0 Å². The number of hydrogen-bond acceptors (Lipinski definition) is 5. The van der Waals surface area contributed by atoms with Crippen LogP contribution in [-0.2, 0) is 19.0 Å². The summed E-state index contributed by atoms with van der Waals surface area (Å²) < 4.78 is 34.0. The lowest BCUT2D eigenvalue weighted by atomic mass is 9.92. The molecule has 6 nitrogen and oxygen atoms in total. The lowest BCUT2D eigenvalue weighted by Crippen LogP contribution is -2.49. The molecule has 1 rings (SSSR count). The number of carbonyl (C=O) groups is 1. The molecule has 1 aliphatic carbocycles. The van der Waals surface area contributed by atoms with Crippen molar-refractivity contribution < 1.29 is 22.1 Å². The summed E-state index contributed by atoms with van der Waals surface area (Å²) in [5.74, 6) is -0.0631. The van der Waals surface area contributed by atoms with Crippen LogP contribution in [0, 0.1) is 0 Å². The summed E-state index contributed by atoms with van der Waals surface area (Å²) in [5.41, 5.74) is -0.578. The molecule has 1 fully saturated rings. The zero-order valence-corrected chi connectivity index (χ0v) is 14.4. The van der Waals surface area contributed by atoms with Crippen molar-refractivity contribution in [3.05, 3.63) is 0 Å². The Labute approximate surface area is 127 Å². The van der Waals surface area contributed by atoms with E-state index in [1.807, 2.05) is 0 Å². The van der Waals surface area contributed by atoms with E-state index in [4.69, 9.17) is 8.92 Å². The summed E-state index contributed by atoms with van der Waals surface area (Å²) in [6.07, 6.45) is 2.28. The Balaban J connectivity index is 2.79. The van der Waals surface area contributed by atoms with Gasteiger partial charge in [-0.2, -0.15) is 8.42 Å². The van der Waals surface area contributed by atoms with Gasteiger partial charge in [0.2, 0.25) is 0 Å². The average molecular weight is 321 g/mol. The summed E-state index contributed by atoms with van der Waals surface area (Å²) in [5, 5.41) is 0. The first-order chi connectivity index (χ1) is 9.56. The number of hydrogen-bond donors (Lipinski definition) is 0. The number of ether oxygens (including phenoxy) is 1. The van der Waals surface area contributed by atoms with Crippen LogP contribution in [0.4, 0.5) is 4.79 Å². The molecule has 7 heteroatoms. The quantitative estimate of drug-likeness (QED) is 0.744. The Hall–Kier alpha value is -0.820. The molecular formula is C14H27NO5S. The van der Waals surface area contributed by atoms with Crippen molar-refractivity contribution in [3.63, 3.8) is 0 Å². The summed E-state index contributed by atoms with van der Waals surface area (Å²) in [7, 11) is -1.89. The maximum atomic E-state index is 12.1. The van der Waals surface area contributed by atoms with Crippen molar-refractivity contribution in [1.29, 1.82) is 0 Å². The molecule has 0 heterocycles. The fourth-order valence-corrected chi connectivity index (χ4v) is 3.10. The number of amides is 1. The maximum absolute atomic E-state index is 12.1. The third kappa shape index (κ3) is 5.82. The van der Waals surface area contributed by atoms with Gasteiger partial charge in [0.25, 0.3) is 10.1 Å². The molecule has 0 radical (unpaired) electrons. The van der Waals surface area contributed by atoms with Crippen LogP contribution in [0.5, 0.6) is 0 Å². The second-order valence-electron chi connectivity index (χ2n) is 6.42. The van der Waals surface area contributed by atoms with E-state index in [1.54, 1.807) is 34.7 Å². The van der Waals surface area contributed by atoms with Gasteiger partial charge in [-0.3, -0.25) is 4.18 Å². The molecule has 0 spiro atoms. The van der Waals surface area contributed by atoms with Gasteiger partial charge in [-0.25, -0.2) is 4.79 Å². The highest BCUT2D eigenvalue weighted by molar-refractivity contribution is 7.86. The molecule has 2 atom stereocenters. The van der Waals surface area contributed by atoms with Crippen LogP contribution in [0.2, 0.25) is 0 Å². The molecule has 124 valence electrons. The van der Waals surface area contributed by atoms with E-state index in [0.717, 1.165) is 19.3 Å². The lowest BCUT2D eigenvalue weighted by Gasteiger charge is -2.37. The normalized spacial score (nSPS) is 23.7.